The zero-order valence-electron chi connectivity index (χ0n) is 17.2. The highest BCUT2D eigenvalue weighted by Gasteiger charge is 2.27. The van der Waals surface area contributed by atoms with Gasteiger partial charge in [-0.15, -0.1) is 0 Å². The molecule has 0 saturated carbocycles. The Labute approximate surface area is 215 Å². The summed E-state index contributed by atoms with van der Waals surface area (Å²) in [5, 5.41) is 3.67. The minimum Gasteiger partial charge on any atom is -0.495 e. The maximum absolute atomic E-state index is 13.4. The number of carbonyl (C=O) groups is 1. The molecule has 3 aromatic carbocycles. The number of methoxy groups -OCH3 is 1. The number of carbonyl (C=O) groups excluding carboxylic acids is 1. The Kier molecular flexibility index (Phi) is 8.66. The van der Waals surface area contributed by atoms with Gasteiger partial charge in [-0.2, -0.15) is 4.31 Å². The Morgan fingerprint density at radius 3 is 2.33 bits per heavy atom. The van der Waals surface area contributed by atoms with Crippen LogP contribution in [0.3, 0.4) is 0 Å². The van der Waals surface area contributed by atoms with E-state index in [1.165, 1.54) is 25.3 Å². The normalized spacial score (nSPS) is 11.5. The average Bonchev–Trinajstić information content (AvgIpc) is 2.76. The fourth-order valence-electron chi connectivity index (χ4n) is 2.95. The zero-order chi connectivity index (χ0) is 24.2. The van der Waals surface area contributed by atoms with Gasteiger partial charge in [0, 0.05) is 16.0 Å². The van der Waals surface area contributed by atoms with Crippen LogP contribution in [-0.2, 0) is 21.4 Å². The monoisotopic (exact) mass is 590 g/mol. The lowest BCUT2D eigenvalue weighted by Crippen LogP contribution is -2.37. The van der Waals surface area contributed by atoms with Crippen LogP contribution in [0, 0.1) is 0 Å². The Morgan fingerprint density at radius 1 is 1.00 bits per heavy atom. The van der Waals surface area contributed by atoms with Crippen LogP contribution < -0.4 is 10.1 Å². The molecule has 0 bridgehead atoms. The number of hydrogen-bond donors (Lipinski definition) is 1. The number of nitrogens with one attached hydrogen (secondary N) is 1. The van der Waals surface area contributed by atoms with E-state index in [1.807, 2.05) is 0 Å². The molecule has 3 rings (SSSR count). The van der Waals surface area contributed by atoms with Gasteiger partial charge in [0.25, 0.3) is 0 Å². The molecule has 0 aliphatic rings. The van der Waals surface area contributed by atoms with Crippen LogP contribution in [0.15, 0.2) is 70.0 Å². The van der Waals surface area contributed by atoms with Gasteiger partial charge in [0.1, 0.15) is 5.75 Å². The van der Waals surface area contributed by atoms with Crippen molar-refractivity contribution in [3.8, 4) is 5.75 Å². The summed E-state index contributed by atoms with van der Waals surface area (Å²) in [4.78, 5) is 12.9. The molecule has 0 saturated heterocycles. The van der Waals surface area contributed by atoms with Gasteiger partial charge in [-0.05, 0) is 60.2 Å². The first-order valence-electron chi connectivity index (χ1n) is 9.43. The molecule has 6 nitrogen and oxygen atoms in total. The van der Waals surface area contributed by atoms with Gasteiger partial charge in [0.2, 0.25) is 15.9 Å². The molecule has 0 spiro atoms. The van der Waals surface area contributed by atoms with Crippen LogP contribution in [0.2, 0.25) is 15.1 Å². The van der Waals surface area contributed by atoms with Crippen molar-refractivity contribution < 1.29 is 17.9 Å². The van der Waals surface area contributed by atoms with E-state index >= 15 is 0 Å². The summed E-state index contributed by atoms with van der Waals surface area (Å²) in [6.07, 6.45) is 0. The van der Waals surface area contributed by atoms with Crippen LogP contribution in [0.1, 0.15) is 5.56 Å². The number of rotatable bonds is 8. The minimum absolute atomic E-state index is 0.0406. The summed E-state index contributed by atoms with van der Waals surface area (Å²) in [5.74, 6) is -0.184. The van der Waals surface area contributed by atoms with Gasteiger partial charge in [0.15, 0.2) is 0 Å². The van der Waals surface area contributed by atoms with Crippen LogP contribution in [0.5, 0.6) is 5.75 Å². The number of amides is 1. The molecule has 0 aliphatic heterocycles. The molecular formula is C22H18BrCl3N2O4S. The number of ether oxygens (including phenoxy) is 1. The highest BCUT2D eigenvalue weighted by molar-refractivity contribution is 9.10. The third-order valence-electron chi connectivity index (χ3n) is 4.55. The number of anilines is 1. The third-order valence-corrected chi connectivity index (χ3v) is 7.86. The van der Waals surface area contributed by atoms with E-state index < -0.39 is 22.5 Å². The smallest absolute Gasteiger partial charge is 0.243 e. The summed E-state index contributed by atoms with van der Waals surface area (Å²) < 4.78 is 33.8. The number of nitrogens with zero attached hydrogens (tertiary/aromatic N) is 1. The molecule has 1 amide bonds. The quantitative estimate of drug-likeness (QED) is 0.336. The zero-order valence-corrected chi connectivity index (χ0v) is 21.9. The first-order valence-corrected chi connectivity index (χ1v) is 12.8. The molecule has 0 atom stereocenters. The molecule has 0 unspecified atom stereocenters. The maximum atomic E-state index is 13.4. The fraction of sp³-hybridized carbons (Fsp3) is 0.136. The van der Waals surface area contributed by atoms with Crippen molar-refractivity contribution in [1.82, 2.24) is 4.31 Å². The number of benzene rings is 3. The second kappa shape index (κ2) is 11.1. The Hall–Kier alpha value is -1.81. The van der Waals surface area contributed by atoms with Crippen molar-refractivity contribution in [3.63, 3.8) is 0 Å². The van der Waals surface area contributed by atoms with Crippen molar-refractivity contribution in [1.29, 1.82) is 0 Å². The second-order valence-electron chi connectivity index (χ2n) is 6.87. The van der Waals surface area contributed by atoms with Crippen molar-refractivity contribution >= 4 is 72.4 Å². The fourth-order valence-corrected chi connectivity index (χ4v) is 5.09. The lowest BCUT2D eigenvalue weighted by Gasteiger charge is -2.22. The Morgan fingerprint density at radius 2 is 1.70 bits per heavy atom. The average molecular weight is 593 g/mol. The first-order chi connectivity index (χ1) is 15.6. The summed E-state index contributed by atoms with van der Waals surface area (Å²) in [6.45, 7) is -0.566. The lowest BCUT2D eigenvalue weighted by molar-refractivity contribution is -0.116. The van der Waals surface area contributed by atoms with E-state index in [-0.39, 0.29) is 16.5 Å². The van der Waals surface area contributed by atoms with E-state index in [0.29, 0.717) is 27.0 Å². The van der Waals surface area contributed by atoms with Crippen LogP contribution >= 0.6 is 50.7 Å². The standard InChI is InChI=1S/C22H18BrCl3N2O4S/c1-32-21-9-5-16(24)11-20(21)27-22(29)13-28(12-14-2-8-18(25)19(26)10-14)33(30,31)17-6-3-15(23)4-7-17/h2-11H,12-13H2,1H3,(H,27,29). The summed E-state index contributed by atoms with van der Waals surface area (Å²) >= 11 is 21.4. The van der Waals surface area contributed by atoms with E-state index in [2.05, 4.69) is 21.2 Å². The van der Waals surface area contributed by atoms with Gasteiger partial charge in [-0.1, -0.05) is 56.8 Å². The largest absolute Gasteiger partial charge is 0.495 e. The lowest BCUT2D eigenvalue weighted by atomic mass is 10.2. The predicted octanol–water partition coefficient (Wildman–Crippen LogP) is 6.25. The molecule has 0 aliphatic carbocycles. The highest BCUT2D eigenvalue weighted by atomic mass is 79.9. The topological polar surface area (TPSA) is 75.7 Å². The maximum Gasteiger partial charge on any atom is 0.243 e. The van der Waals surface area contributed by atoms with Crippen molar-refractivity contribution in [3.05, 3.63) is 85.8 Å². The van der Waals surface area contributed by atoms with Crippen molar-refractivity contribution in [2.45, 2.75) is 11.4 Å². The molecule has 0 heterocycles. The van der Waals surface area contributed by atoms with Gasteiger partial charge >= 0.3 is 0 Å². The van der Waals surface area contributed by atoms with Gasteiger partial charge in [-0.25, -0.2) is 8.42 Å². The van der Waals surface area contributed by atoms with Gasteiger partial charge in [0.05, 0.1) is 34.3 Å². The molecule has 0 aromatic heterocycles. The summed E-state index contributed by atoms with van der Waals surface area (Å²) in [7, 11) is -2.58. The van der Waals surface area contributed by atoms with Crippen LogP contribution in [-0.4, -0.2) is 32.3 Å². The van der Waals surface area contributed by atoms with E-state index in [4.69, 9.17) is 39.5 Å². The molecule has 1 N–H and O–H groups in total. The molecule has 0 fully saturated rings. The van der Waals surface area contributed by atoms with Crippen molar-refractivity contribution in [2.75, 3.05) is 19.0 Å². The number of halogens is 4. The number of sulfonamides is 1. The minimum atomic E-state index is -4.03. The Balaban J connectivity index is 1.92. The third kappa shape index (κ3) is 6.62. The van der Waals surface area contributed by atoms with E-state index in [0.717, 1.165) is 8.78 Å². The molecule has 33 heavy (non-hydrogen) atoms. The van der Waals surface area contributed by atoms with E-state index in [1.54, 1.807) is 42.5 Å². The first kappa shape index (κ1) is 25.8. The van der Waals surface area contributed by atoms with Gasteiger partial charge in [-0.3, -0.25) is 4.79 Å². The molecular weight excluding hydrogens is 575 g/mol. The second-order valence-corrected chi connectivity index (χ2v) is 11.0. The molecule has 3 aromatic rings. The molecule has 11 heteroatoms. The summed E-state index contributed by atoms with van der Waals surface area (Å²) in [6, 6.07) is 15.7. The molecule has 0 radical (unpaired) electrons. The van der Waals surface area contributed by atoms with Gasteiger partial charge < -0.3 is 10.1 Å². The van der Waals surface area contributed by atoms with Crippen LogP contribution in [0.25, 0.3) is 0 Å². The SMILES string of the molecule is COc1ccc(Cl)cc1NC(=O)CN(Cc1ccc(Cl)c(Cl)c1)S(=O)(=O)c1ccc(Br)cc1. The predicted molar refractivity (Wildman–Crippen MR) is 135 cm³/mol. The number of hydrogen-bond acceptors (Lipinski definition) is 4. The molecule has 174 valence electrons. The van der Waals surface area contributed by atoms with Crippen LogP contribution in [0.4, 0.5) is 5.69 Å². The van der Waals surface area contributed by atoms with Crippen molar-refractivity contribution in [2.24, 2.45) is 0 Å². The Bertz CT molecular complexity index is 1270. The van der Waals surface area contributed by atoms with E-state index in [9.17, 15) is 13.2 Å². The summed E-state index contributed by atoms with van der Waals surface area (Å²) in [5.41, 5.74) is 0.892. The highest BCUT2D eigenvalue weighted by Crippen LogP contribution is 2.29.